The SMILES string of the molecule is CN(Cc1ccco1)C(=O)COc1ccccc1CN. The highest BCUT2D eigenvalue weighted by molar-refractivity contribution is 5.77. The van der Waals surface area contributed by atoms with Gasteiger partial charge in [-0.15, -0.1) is 0 Å². The molecule has 0 aliphatic heterocycles. The Morgan fingerprint density at radius 2 is 2.10 bits per heavy atom. The summed E-state index contributed by atoms with van der Waals surface area (Å²) in [7, 11) is 1.71. The van der Waals surface area contributed by atoms with Gasteiger partial charge in [-0.1, -0.05) is 18.2 Å². The number of carbonyl (C=O) groups excluding carboxylic acids is 1. The zero-order chi connectivity index (χ0) is 14.4. The molecule has 1 aromatic heterocycles. The Bertz CT molecular complexity index is 552. The number of rotatable bonds is 6. The van der Waals surface area contributed by atoms with Crippen molar-refractivity contribution in [1.29, 1.82) is 0 Å². The van der Waals surface area contributed by atoms with Crippen LogP contribution in [-0.4, -0.2) is 24.5 Å². The minimum atomic E-state index is -0.117. The summed E-state index contributed by atoms with van der Waals surface area (Å²) in [4.78, 5) is 13.5. The number of hydrogen-bond acceptors (Lipinski definition) is 4. The lowest BCUT2D eigenvalue weighted by Gasteiger charge is -2.17. The van der Waals surface area contributed by atoms with Crippen LogP contribution in [0, 0.1) is 0 Å². The van der Waals surface area contributed by atoms with Crippen molar-refractivity contribution in [2.75, 3.05) is 13.7 Å². The van der Waals surface area contributed by atoms with Crippen LogP contribution in [0.15, 0.2) is 47.1 Å². The topological polar surface area (TPSA) is 68.7 Å². The van der Waals surface area contributed by atoms with Crippen LogP contribution in [0.5, 0.6) is 5.75 Å². The monoisotopic (exact) mass is 274 g/mol. The predicted octanol–water partition coefficient (Wildman–Crippen LogP) is 1.78. The van der Waals surface area contributed by atoms with Gasteiger partial charge in [0.2, 0.25) is 0 Å². The molecule has 0 radical (unpaired) electrons. The van der Waals surface area contributed by atoms with Crippen molar-refractivity contribution < 1.29 is 13.9 Å². The van der Waals surface area contributed by atoms with Crippen LogP contribution in [0.1, 0.15) is 11.3 Å². The molecule has 1 heterocycles. The molecular formula is C15H18N2O3. The number of carbonyl (C=O) groups is 1. The van der Waals surface area contributed by atoms with E-state index in [4.69, 9.17) is 14.9 Å². The lowest BCUT2D eigenvalue weighted by molar-refractivity contribution is -0.132. The smallest absolute Gasteiger partial charge is 0.260 e. The molecule has 1 amide bonds. The summed E-state index contributed by atoms with van der Waals surface area (Å²) in [5.41, 5.74) is 6.50. The van der Waals surface area contributed by atoms with Crippen molar-refractivity contribution >= 4 is 5.91 Å². The second-order valence-electron chi connectivity index (χ2n) is 4.43. The summed E-state index contributed by atoms with van der Waals surface area (Å²) in [6.45, 7) is 0.786. The highest BCUT2D eigenvalue weighted by Crippen LogP contribution is 2.17. The van der Waals surface area contributed by atoms with Crippen molar-refractivity contribution in [3.63, 3.8) is 0 Å². The van der Waals surface area contributed by atoms with E-state index < -0.39 is 0 Å². The average molecular weight is 274 g/mol. The molecule has 0 fully saturated rings. The molecule has 2 aromatic rings. The molecule has 0 spiro atoms. The van der Waals surface area contributed by atoms with E-state index in [9.17, 15) is 4.79 Å². The lowest BCUT2D eigenvalue weighted by Crippen LogP contribution is -2.31. The molecule has 0 unspecified atom stereocenters. The molecule has 0 saturated carbocycles. The second kappa shape index (κ2) is 6.77. The minimum absolute atomic E-state index is 0.0196. The molecule has 0 saturated heterocycles. The summed E-state index contributed by atoms with van der Waals surface area (Å²) in [5.74, 6) is 1.27. The van der Waals surface area contributed by atoms with E-state index in [0.717, 1.165) is 11.3 Å². The molecule has 2 rings (SSSR count). The first-order valence-corrected chi connectivity index (χ1v) is 6.38. The number of likely N-dealkylation sites (N-methyl/N-ethyl adjacent to an activating group) is 1. The van der Waals surface area contributed by atoms with Crippen molar-refractivity contribution in [1.82, 2.24) is 4.90 Å². The second-order valence-corrected chi connectivity index (χ2v) is 4.43. The van der Waals surface area contributed by atoms with E-state index in [1.807, 2.05) is 30.3 Å². The number of ether oxygens (including phenoxy) is 1. The van der Waals surface area contributed by atoms with Crippen LogP contribution in [0.25, 0.3) is 0 Å². The molecule has 106 valence electrons. The Kier molecular flexibility index (Phi) is 4.79. The van der Waals surface area contributed by atoms with Gasteiger partial charge < -0.3 is 19.8 Å². The summed E-state index contributed by atoms with van der Waals surface area (Å²) < 4.78 is 10.7. The van der Waals surface area contributed by atoms with Crippen molar-refractivity contribution in [3.05, 3.63) is 54.0 Å². The minimum Gasteiger partial charge on any atom is -0.483 e. The van der Waals surface area contributed by atoms with Gasteiger partial charge in [-0.25, -0.2) is 0 Å². The van der Waals surface area contributed by atoms with Gasteiger partial charge in [0.1, 0.15) is 11.5 Å². The summed E-state index contributed by atoms with van der Waals surface area (Å²) >= 11 is 0. The van der Waals surface area contributed by atoms with Crippen LogP contribution < -0.4 is 10.5 Å². The summed E-state index contributed by atoms with van der Waals surface area (Å²) in [5, 5.41) is 0. The van der Waals surface area contributed by atoms with Gasteiger partial charge in [0, 0.05) is 19.2 Å². The Balaban J connectivity index is 1.88. The van der Waals surface area contributed by atoms with Gasteiger partial charge in [-0.2, -0.15) is 0 Å². The molecule has 5 heteroatoms. The number of furan rings is 1. The maximum Gasteiger partial charge on any atom is 0.260 e. The number of hydrogen-bond donors (Lipinski definition) is 1. The first kappa shape index (κ1) is 14.1. The fraction of sp³-hybridized carbons (Fsp3) is 0.267. The van der Waals surface area contributed by atoms with E-state index in [1.165, 1.54) is 0 Å². The van der Waals surface area contributed by atoms with Crippen LogP contribution in [-0.2, 0) is 17.9 Å². The van der Waals surface area contributed by atoms with Crippen molar-refractivity contribution in [2.45, 2.75) is 13.1 Å². The molecule has 1 aromatic carbocycles. The summed E-state index contributed by atoms with van der Waals surface area (Å²) in [6.07, 6.45) is 1.58. The Labute approximate surface area is 117 Å². The molecule has 2 N–H and O–H groups in total. The predicted molar refractivity (Wildman–Crippen MR) is 75.0 cm³/mol. The van der Waals surface area contributed by atoms with Crippen molar-refractivity contribution in [3.8, 4) is 5.75 Å². The summed E-state index contributed by atoms with van der Waals surface area (Å²) in [6, 6.07) is 11.1. The van der Waals surface area contributed by atoms with Gasteiger partial charge in [0.15, 0.2) is 6.61 Å². The van der Waals surface area contributed by atoms with Crippen molar-refractivity contribution in [2.24, 2.45) is 5.73 Å². The third kappa shape index (κ3) is 3.61. The lowest BCUT2D eigenvalue weighted by atomic mass is 10.2. The third-order valence-corrected chi connectivity index (χ3v) is 2.94. The highest BCUT2D eigenvalue weighted by atomic mass is 16.5. The number of nitrogens with zero attached hydrogens (tertiary/aromatic N) is 1. The molecule has 5 nitrogen and oxygen atoms in total. The molecule has 0 bridgehead atoms. The molecule has 20 heavy (non-hydrogen) atoms. The molecular weight excluding hydrogens is 256 g/mol. The van der Waals surface area contributed by atoms with E-state index in [2.05, 4.69) is 0 Å². The highest BCUT2D eigenvalue weighted by Gasteiger charge is 2.12. The number of para-hydroxylation sites is 1. The van der Waals surface area contributed by atoms with Gasteiger partial charge >= 0.3 is 0 Å². The Hall–Kier alpha value is -2.27. The average Bonchev–Trinajstić information content (AvgIpc) is 2.97. The van der Waals surface area contributed by atoms with Gasteiger partial charge in [-0.05, 0) is 18.2 Å². The first-order chi connectivity index (χ1) is 9.70. The Morgan fingerprint density at radius 1 is 1.30 bits per heavy atom. The molecule has 0 aliphatic rings. The van der Waals surface area contributed by atoms with Gasteiger partial charge in [-0.3, -0.25) is 4.79 Å². The molecule has 0 atom stereocenters. The van der Waals surface area contributed by atoms with Crippen LogP contribution in [0.3, 0.4) is 0 Å². The van der Waals surface area contributed by atoms with Crippen LogP contribution in [0.2, 0.25) is 0 Å². The normalized spacial score (nSPS) is 10.3. The zero-order valence-electron chi connectivity index (χ0n) is 11.4. The zero-order valence-corrected chi connectivity index (χ0v) is 11.4. The number of amides is 1. The first-order valence-electron chi connectivity index (χ1n) is 6.38. The molecule has 0 aliphatic carbocycles. The maximum atomic E-state index is 12.0. The van der Waals surface area contributed by atoms with Crippen LogP contribution in [0.4, 0.5) is 0 Å². The maximum absolute atomic E-state index is 12.0. The van der Waals surface area contributed by atoms with E-state index >= 15 is 0 Å². The number of benzene rings is 1. The van der Waals surface area contributed by atoms with E-state index in [1.54, 1.807) is 24.3 Å². The fourth-order valence-corrected chi connectivity index (χ4v) is 1.79. The Morgan fingerprint density at radius 3 is 2.80 bits per heavy atom. The largest absolute Gasteiger partial charge is 0.483 e. The quantitative estimate of drug-likeness (QED) is 0.871. The number of nitrogens with two attached hydrogens (primary N) is 1. The van der Waals surface area contributed by atoms with Gasteiger partial charge in [0.25, 0.3) is 5.91 Å². The standard InChI is InChI=1S/C15H18N2O3/c1-17(10-13-6-4-8-19-13)15(18)11-20-14-7-3-2-5-12(14)9-16/h2-8H,9-11,16H2,1H3. The van der Waals surface area contributed by atoms with E-state index in [-0.39, 0.29) is 12.5 Å². The van der Waals surface area contributed by atoms with E-state index in [0.29, 0.717) is 18.8 Å². The fourth-order valence-electron chi connectivity index (χ4n) is 1.79. The van der Waals surface area contributed by atoms with Crippen LogP contribution >= 0.6 is 0 Å². The third-order valence-electron chi connectivity index (χ3n) is 2.94. The van der Waals surface area contributed by atoms with Gasteiger partial charge in [0.05, 0.1) is 12.8 Å².